The minimum absolute atomic E-state index is 0.279. The van der Waals surface area contributed by atoms with Crippen molar-refractivity contribution in [3.8, 4) is 0 Å². The number of unbranched alkanes of at least 4 members (excludes halogenated alkanes) is 1. The van der Waals surface area contributed by atoms with Crippen LogP contribution in [0.25, 0.3) is 0 Å². The zero-order valence-corrected chi connectivity index (χ0v) is 10.1. The van der Waals surface area contributed by atoms with Gasteiger partial charge in [0.2, 0.25) is 0 Å². The van der Waals surface area contributed by atoms with Crippen molar-refractivity contribution in [3.63, 3.8) is 0 Å². The summed E-state index contributed by atoms with van der Waals surface area (Å²) >= 11 is 0. The summed E-state index contributed by atoms with van der Waals surface area (Å²) in [5.41, 5.74) is 0. The van der Waals surface area contributed by atoms with Crippen LogP contribution < -0.4 is 0 Å². The molecule has 0 heterocycles. The summed E-state index contributed by atoms with van der Waals surface area (Å²) in [5.74, 6) is -0.279. The van der Waals surface area contributed by atoms with Gasteiger partial charge in [0.15, 0.2) is 0 Å². The molecule has 0 bridgehead atoms. The predicted octanol–water partition coefficient (Wildman–Crippen LogP) is 0.823. The Labute approximate surface area is 97.0 Å². The second kappa shape index (κ2) is 12.4. The molecule has 0 aromatic heterocycles. The summed E-state index contributed by atoms with van der Waals surface area (Å²) < 4.78 is 20.0. The van der Waals surface area contributed by atoms with Gasteiger partial charge >= 0.3 is 5.97 Å². The highest BCUT2D eigenvalue weighted by Crippen LogP contribution is 1.90. The zero-order chi connectivity index (χ0) is 12.1. The Morgan fingerprint density at radius 1 is 1.06 bits per heavy atom. The van der Waals surface area contributed by atoms with Crippen molar-refractivity contribution < 1.29 is 23.7 Å². The van der Waals surface area contributed by atoms with E-state index in [-0.39, 0.29) is 5.97 Å². The smallest absolute Gasteiger partial charge is 0.302 e. The van der Waals surface area contributed by atoms with Crippen LogP contribution in [0.15, 0.2) is 0 Å². The van der Waals surface area contributed by atoms with Gasteiger partial charge in [-0.3, -0.25) is 4.79 Å². The molecule has 0 spiro atoms. The third-order valence-electron chi connectivity index (χ3n) is 1.67. The van der Waals surface area contributed by atoms with E-state index in [1.807, 2.05) is 6.42 Å². The minimum Gasteiger partial charge on any atom is -0.463 e. The van der Waals surface area contributed by atoms with E-state index in [2.05, 4.69) is 0 Å². The Hall–Kier alpha value is -0.650. The van der Waals surface area contributed by atoms with Crippen LogP contribution in [-0.4, -0.2) is 52.7 Å². The molecule has 0 aromatic rings. The second-order valence-corrected chi connectivity index (χ2v) is 3.10. The fourth-order valence-corrected chi connectivity index (χ4v) is 0.905. The molecular weight excluding hydrogens is 212 g/mol. The molecule has 0 saturated heterocycles. The van der Waals surface area contributed by atoms with E-state index >= 15 is 0 Å². The SMILES string of the molecule is COCCOCC[CH]COCCOC(C)=O. The maximum Gasteiger partial charge on any atom is 0.302 e. The number of hydrogen-bond acceptors (Lipinski definition) is 5. The van der Waals surface area contributed by atoms with Crippen molar-refractivity contribution >= 4 is 5.97 Å². The fourth-order valence-electron chi connectivity index (χ4n) is 0.905. The summed E-state index contributed by atoms with van der Waals surface area (Å²) in [7, 11) is 1.65. The van der Waals surface area contributed by atoms with E-state index in [1.54, 1.807) is 7.11 Å². The van der Waals surface area contributed by atoms with Gasteiger partial charge in [0.1, 0.15) is 6.61 Å². The molecule has 5 nitrogen and oxygen atoms in total. The minimum atomic E-state index is -0.279. The van der Waals surface area contributed by atoms with Gasteiger partial charge in [-0.1, -0.05) is 0 Å². The van der Waals surface area contributed by atoms with Crippen molar-refractivity contribution in [3.05, 3.63) is 6.42 Å². The first kappa shape index (κ1) is 15.3. The third-order valence-corrected chi connectivity index (χ3v) is 1.67. The predicted molar refractivity (Wildman–Crippen MR) is 59.1 cm³/mol. The van der Waals surface area contributed by atoms with Gasteiger partial charge in [-0.15, -0.1) is 0 Å². The standard InChI is InChI=1S/C11H21O5/c1-11(12)16-10-9-15-6-4-3-5-14-8-7-13-2/h4H,3,5-10H2,1-2H3. The van der Waals surface area contributed by atoms with Crippen LogP contribution in [0, 0.1) is 6.42 Å². The summed E-state index contributed by atoms with van der Waals surface area (Å²) in [6.45, 7) is 4.60. The molecule has 0 aliphatic rings. The van der Waals surface area contributed by atoms with Gasteiger partial charge in [-0.2, -0.15) is 0 Å². The van der Waals surface area contributed by atoms with E-state index in [1.165, 1.54) is 6.92 Å². The highest BCUT2D eigenvalue weighted by Gasteiger charge is 1.94. The van der Waals surface area contributed by atoms with Crippen LogP contribution in [-0.2, 0) is 23.7 Å². The number of methoxy groups -OCH3 is 1. The first-order valence-corrected chi connectivity index (χ1v) is 5.37. The normalized spacial score (nSPS) is 10.4. The average molecular weight is 233 g/mol. The number of esters is 1. The van der Waals surface area contributed by atoms with E-state index < -0.39 is 0 Å². The maximum atomic E-state index is 10.4. The molecule has 0 fully saturated rings. The topological polar surface area (TPSA) is 54.0 Å². The molecule has 0 atom stereocenters. The fraction of sp³-hybridized carbons (Fsp3) is 0.818. The molecule has 0 unspecified atom stereocenters. The van der Waals surface area contributed by atoms with Crippen LogP contribution in [0.1, 0.15) is 13.3 Å². The molecule has 1 radical (unpaired) electrons. The highest BCUT2D eigenvalue weighted by atomic mass is 16.6. The van der Waals surface area contributed by atoms with Crippen molar-refractivity contribution in [1.82, 2.24) is 0 Å². The highest BCUT2D eigenvalue weighted by molar-refractivity contribution is 5.65. The lowest BCUT2D eigenvalue weighted by atomic mass is 10.3. The second-order valence-electron chi connectivity index (χ2n) is 3.10. The van der Waals surface area contributed by atoms with Gasteiger partial charge in [0, 0.05) is 27.2 Å². The zero-order valence-electron chi connectivity index (χ0n) is 10.1. The van der Waals surface area contributed by atoms with Crippen LogP contribution in [0.3, 0.4) is 0 Å². The summed E-state index contributed by atoms with van der Waals surface area (Å²) in [5, 5.41) is 0. The molecule has 0 aromatic carbocycles. The van der Waals surface area contributed by atoms with E-state index in [0.717, 1.165) is 6.42 Å². The Bertz CT molecular complexity index is 160. The summed E-state index contributed by atoms with van der Waals surface area (Å²) in [6, 6.07) is 0. The average Bonchev–Trinajstić information content (AvgIpc) is 2.25. The number of carbonyl (C=O) groups excluding carboxylic acids is 1. The van der Waals surface area contributed by atoms with Gasteiger partial charge < -0.3 is 18.9 Å². The number of hydrogen-bond donors (Lipinski definition) is 0. The first-order chi connectivity index (χ1) is 7.77. The van der Waals surface area contributed by atoms with Crippen LogP contribution >= 0.6 is 0 Å². The molecule has 0 amide bonds. The maximum absolute atomic E-state index is 10.4. The number of rotatable bonds is 11. The van der Waals surface area contributed by atoms with E-state index in [9.17, 15) is 4.79 Å². The van der Waals surface area contributed by atoms with Gasteiger partial charge in [0.05, 0.1) is 19.8 Å². The van der Waals surface area contributed by atoms with E-state index in [4.69, 9.17) is 18.9 Å². The number of carbonyl (C=O) groups is 1. The molecule has 0 rings (SSSR count). The summed E-state index contributed by atoms with van der Waals surface area (Å²) in [6.07, 6.45) is 2.83. The van der Waals surface area contributed by atoms with Crippen molar-refractivity contribution in [2.45, 2.75) is 13.3 Å². The van der Waals surface area contributed by atoms with Crippen LogP contribution in [0.4, 0.5) is 0 Å². The summed E-state index contributed by atoms with van der Waals surface area (Å²) in [4.78, 5) is 10.4. The quantitative estimate of drug-likeness (QED) is 0.391. The van der Waals surface area contributed by atoms with Gasteiger partial charge in [-0.25, -0.2) is 0 Å². The van der Waals surface area contributed by atoms with Gasteiger partial charge in [0.25, 0.3) is 0 Å². The van der Waals surface area contributed by atoms with E-state index in [0.29, 0.717) is 39.6 Å². The largest absolute Gasteiger partial charge is 0.463 e. The Morgan fingerprint density at radius 3 is 2.50 bits per heavy atom. The molecular formula is C11H21O5. The molecule has 0 aliphatic heterocycles. The Balaban J connectivity index is 2.90. The van der Waals surface area contributed by atoms with Gasteiger partial charge in [-0.05, 0) is 12.8 Å². The lowest BCUT2D eigenvalue weighted by Crippen LogP contribution is -2.09. The molecule has 95 valence electrons. The lowest BCUT2D eigenvalue weighted by Gasteiger charge is -2.05. The monoisotopic (exact) mass is 233 g/mol. The molecule has 16 heavy (non-hydrogen) atoms. The third kappa shape index (κ3) is 13.4. The van der Waals surface area contributed by atoms with Crippen LogP contribution in [0.5, 0.6) is 0 Å². The lowest BCUT2D eigenvalue weighted by molar-refractivity contribution is -0.142. The number of ether oxygens (including phenoxy) is 4. The van der Waals surface area contributed by atoms with Crippen LogP contribution in [0.2, 0.25) is 0 Å². The van der Waals surface area contributed by atoms with Crippen molar-refractivity contribution in [2.24, 2.45) is 0 Å². The molecule has 0 aliphatic carbocycles. The molecule has 0 N–H and O–H groups in total. The van der Waals surface area contributed by atoms with Crippen molar-refractivity contribution in [1.29, 1.82) is 0 Å². The van der Waals surface area contributed by atoms with Crippen molar-refractivity contribution in [2.75, 3.05) is 46.8 Å². The Kier molecular flexibility index (Phi) is 11.9. The Morgan fingerprint density at radius 2 is 1.81 bits per heavy atom. The molecule has 5 heteroatoms. The first-order valence-electron chi connectivity index (χ1n) is 5.37. The molecule has 0 saturated carbocycles.